The smallest absolute Gasteiger partial charge is 0.274 e. The number of aryl methyl sites for hydroxylation is 2. The predicted molar refractivity (Wildman–Crippen MR) is 312 cm³/mol. The van der Waals surface area contributed by atoms with Gasteiger partial charge in [-0.2, -0.15) is 10.2 Å². The van der Waals surface area contributed by atoms with Gasteiger partial charge in [-0.05, 0) is 141 Å². The van der Waals surface area contributed by atoms with Gasteiger partial charge in [0.1, 0.15) is 11.4 Å². The highest BCUT2D eigenvalue weighted by molar-refractivity contribution is 6.04. The number of nitrogens with one attached hydrogen (secondary N) is 3. The van der Waals surface area contributed by atoms with E-state index in [1.807, 2.05) is 92.7 Å². The Labute approximate surface area is 452 Å². The highest BCUT2D eigenvalue weighted by atomic mass is 16.2. The SMILES string of the molecule is Cc1cc(C(=O)Nc2cccc(N(CCC3CC3)c3ccccc3)c2)n(-c2cccc(CN)c2)n1.NCCNCCN.[C-]#[N+]c1cccc(-n2nc(C)cc2C(=O)Nc2cccc(N(CCC3CC3)c3ccccc3)c2)c1. The number of benzene rings is 6. The van der Waals surface area contributed by atoms with Crippen LogP contribution in [0.1, 0.15) is 76.5 Å². The summed E-state index contributed by atoms with van der Waals surface area (Å²) in [5.41, 5.74) is 27.4. The van der Waals surface area contributed by atoms with E-state index in [1.54, 1.807) is 39.7 Å². The lowest BCUT2D eigenvalue weighted by Gasteiger charge is -2.25. The molecule has 15 nitrogen and oxygen atoms in total. The molecule has 0 spiro atoms. The number of hydrogen-bond donors (Lipinski definition) is 6. The molecule has 396 valence electrons. The molecule has 77 heavy (non-hydrogen) atoms. The van der Waals surface area contributed by atoms with Crippen LogP contribution in [0.25, 0.3) is 16.2 Å². The van der Waals surface area contributed by atoms with Crippen LogP contribution in [-0.2, 0) is 6.54 Å². The summed E-state index contributed by atoms with van der Waals surface area (Å²) in [6, 6.07) is 55.3. The first-order chi connectivity index (χ1) is 37.6. The van der Waals surface area contributed by atoms with Crippen molar-refractivity contribution in [1.29, 1.82) is 0 Å². The molecule has 10 rings (SSSR count). The number of carbonyl (C=O) groups excluding carboxylic acids is 2. The van der Waals surface area contributed by atoms with Crippen molar-refractivity contribution in [1.82, 2.24) is 24.9 Å². The summed E-state index contributed by atoms with van der Waals surface area (Å²) in [5, 5.41) is 18.2. The molecule has 0 aliphatic heterocycles. The molecule has 9 N–H and O–H groups in total. The van der Waals surface area contributed by atoms with Crippen LogP contribution in [0.2, 0.25) is 0 Å². The van der Waals surface area contributed by atoms with Gasteiger partial charge in [0, 0.05) is 79.9 Å². The number of para-hydroxylation sites is 2. The van der Waals surface area contributed by atoms with Crippen LogP contribution >= 0.6 is 0 Å². The average molecular weight is 1030 g/mol. The second-order valence-corrected chi connectivity index (χ2v) is 19.4. The Balaban J connectivity index is 0.000000181. The molecule has 2 fully saturated rings. The molecule has 2 heterocycles. The topological polar surface area (TPSA) is 195 Å². The number of anilines is 6. The van der Waals surface area contributed by atoms with E-state index in [9.17, 15) is 9.59 Å². The van der Waals surface area contributed by atoms with Gasteiger partial charge >= 0.3 is 0 Å². The molecule has 6 aromatic carbocycles. The summed E-state index contributed by atoms with van der Waals surface area (Å²) in [4.78, 5) is 34.8. The second kappa shape index (κ2) is 27.4. The number of amides is 2. The van der Waals surface area contributed by atoms with Gasteiger partial charge in [0.05, 0.1) is 29.3 Å². The quantitative estimate of drug-likeness (QED) is 0.0298. The van der Waals surface area contributed by atoms with Crippen LogP contribution in [0.4, 0.5) is 39.8 Å². The van der Waals surface area contributed by atoms with E-state index < -0.39 is 0 Å². The summed E-state index contributed by atoms with van der Waals surface area (Å²) in [5.74, 6) is 1.21. The van der Waals surface area contributed by atoms with Crippen molar-refractivity contribution in [2.24, 2.45) is 29.0 Å². The Morgan fingerprint density at radius 3 is 1.44 bits per heavy atom. The van der Waals surface area contributed by atoms with Crippen LogP contribution in [0.15, 0.2) is 170 Å². The van der Waals surface area contributed by atoms with Crippen molar-refractivity contribution < 1.29 is 9.59 Å². The van der Waals surface area contributed by atoms with Gasteiger partial charge in [-0.1, -0.05) is 98.5 Å². The Hall–Kier alpha value is -8.39. The minimum atomic E-state index is -0.250. The maximum Gasteiger partial charge on any atom is 0.274 e. The third-order valence-electron chi connectivity index (χ3n) is 13.2. The molecular formula is C62H71N13O2. The van der Waals surface area contributed by atoms with Gasteiger partial charge in [0.25, 0.3) is 11.8 Å². The number of nitrogens with two attached hydrogens (primary N) is 3. The number of hydrogen-bond acceptors (Lipinski definition) is 10. The largest absolute Gasteiger partial charge is 0.341 e. The zero-order chi connectivity index (χ0) is 53.9. The number of carbonyl (C=O) groups is 2. The predicted octanol–water partition coefficient (Wildman–Crippen LogP) is 11.2. The summed E-state index contributed by atoms with van der Waals surface area (Å²) in [7, 11) is 0. The second-order valence-electron chi connectivity index (χ2n) is 19.4. The molecule has 0 atom stereocenters. The average Bonchev–Trinajstić information content (AvgIpc) is 4.40. The van der Waals surface area contributed by atoms with Gasteiger partial charge in [0.2, 0.25) is 0 Å². The van der Waals surface area contributed by atoms with E-state index >= 15 is 0 Å². The normalized spacial score (nSPS) is 12.5. The molecule has 0 unspecified atom stereocenters. The standard InChI is InChI=1S/C29H27N5O.C29H31N5O.C4H13N3/c1-21-18-28(34(32-21)27-13-6-8-23(19-27)30-2)29(35)31-24-9-7-12-26(20-24)33(17-16-22-14-15-22)25-10-4-3-5-11-25;1-21-17-28(34(32-21)27-12-5-7-23(18-27)20-30)29(35)31-24-8-6-11-26(19-24)33(16-15-22-13-14-22)25-9-3-2-4-10-25;5-1-3-7-4-2-6/h3-13,18-20,22H,14-17H2,1H3,(H,31,35);2-12,17-19,22H,13-16,20,30H2,1H3,(H,31,35);7H,1-6H2. The zero-order valence-corrected chi connectivity index (χ0v) is 44.2. The van der Waals surface area contributed by atoms with Crippen molar-refractivity contribution in [3.63, 3.8) is 0 Å². The molecule has 2 saturated carbocycles. The maximum atomic E-state index is 13.3. The summed E-state index contributed by atoms with van der Waals surface area (Å²) in [6.07, 6.45) is 7.65. The third kappa shape index (κ3) is 15.8. The number of nitrogens with zero attached hydrogens (tertiary/aromatic N) is 7. The van der Waals surface area contributed by atoms with E-state index in [4.69, 9.17) is 23.8 Å². The van der Waals surface area contributed by atoms with Gasteiger partial charge in [-0.3, -0.25) is 9.59 Å². The van der Waals surface area contributed by atoms with Crippen LogP contribution in [0.5, 0.6) is 0 Å². The van der Waals surface area contributed by atoms with Crippen molar-refractivity contribution in [3.8, 4) is 11.4 Å². The Morgan fingerprint density at radius 1 is 0.558 bits per heavy atom. The van der Waals surface area contributed by atoms with E-state index in [0.717, 1.165) is 101 Å². The summed E-state index contributed by atoms with van der Waals surface area (Å²) < 4.78 is 3.27. The molecule has 2 aromatic heterocycles. The fourth-order valence-corrected chi connectivity index (χ4v) is 8.91. The lowest BCUT2D eigenvalue weighted by Crippen LogP contribution is -2.27. The Morgan fingerprint density at radius 2 is 1.00 bits per heavy atom. The highest BCUT2D eigenvalue weighted by Gasteiger charge is 2.25. The van der Waals surface area contributed by atoms with E-state index in [2.05, 4.69) is 101 Å². The van der Waals surface area contributed by atoms with Gasteiger partial charge in [-0.25, -0.2) is 14.2 Å². The van der Waals surface area contributed by atoms with Gasteiger partial charge in [0.15, 0.2) is 5.69 Å². The molecule has 0 radical (unpaired) electrons. The number of aromatic nitrogens is 4. The van der Waals surface area contributed by atoms with Crippen molar-refractivity contribution >= 4 is 51.6 Å². The third-order valence-corrected chi connectivity index (χ3v) is 13.2. The van der Waals surface area contributed by atoms with Crippen LogP contribution < -0.4 is 43.0 Å². The van der Waals surface area contributed by atoms with E-state index in [1.165, 1.54) is 32.1 Å². The first-order valence-corrected chi connectivity index (χ1v) is 26.6. The first-order valence-electron chi connectivity index (χ1n) is 26.6. The first kappa shape index (κ1) is 54.9. The van der Waals surface area contributed by atoms with E-state index in [0.29, 0.717) is 42.4 Å². The lowest BCUT2D eigenvalue weighted by atomic mass is 10.2. The number of rotatable bonds is 21. The summed E-state index contributed by atoms with van der Waals surface area (Å²) >= 11 is 0. The highest BCUT2D eigenvalue weighted by Crippen LogP contribution is 2.37. The minimum Gasteiger partial charge on any atom is -0.341 e. The zero-order valence-electron chi connectivity index (χ0n) is 44.2. The molecule has 0 bridgehead atoms. The molecule has 8 aromatic rings. The molecule has 2 aliphatic carbocycles. The fraction of sp³-hybridized carbons (Fsp3) is 0.274. The minimum absolute atomic E-state index is 0.204. The fourth-order valence-electron chi connectivity index (χ4n) is 8.91. The Bertz CT molecular complexity index is 3210. The van der Waals surface area contributed by atoms with Crippen LogP contribution in [0, 0.1) is 32.3 Å². The molecule has 15 heteroatoms. The van der Waals surface area contributed by atoms with Gasteiger partial charge < -0.3 is 43.0 Å². The lowest BCUT2D eigenvalue weighted by molar-refractivity contribution is 0.101. The van der Waals surface area contributed by atoms with Gasteiger partial charge in [-0.15, -0.1) is 0 Å². The molecular weight excluding hydrogens is 959 g/mol. The van der Waals surface area contributed by atoms with Crippen LogP contribution in [0.3, 0.4) is 0 Å². The van der Waals surface area contributed by atoms with Crippen molar-refractivity contribution in [3.05, 3.63) is 210 Å². The Kier molecular flexibility index (Phi) is 19.5. The molecule has 2 amide bonds. The van der Waals surface area contributed by atoms with Crippen LogP contribution in [-0.4, -0.2) is 70.6 Å². The maximum absolute atomic E-state index is 13.3. The monoisotopic (exact) mass is 1030 g/mol. The molecule has 2 aliphatic rings. The van der Waals surface area contributed by atoms with Crippen molar-refractivity contribution in [2.75, 3.05) is 59.7 Å². The van der Waals surface area contributed by atoms with E-state index in [-0.39, 0.29) is 11.8 Å². The van der Waals surface area contributed by atoms with Crippen molar-refractivity contribution in [2.45, 2.75) is 58.9 Å². The summed E-state index contributed by atoms with van der Waals surface area (Å²) in [6.45, 7) is 16.5. The molecule has 0 saturated heterocycles.